The molecule has 0 bridgehead atoms. The highest BCUT2D eigenvalue weighted by Crippen LogP contribution is 2.31. The van der Waals surface area contributed by atoms with Crippen molar-refractivity contribution in [3.8, 4) is 6.07 Å². The predicted molar refractivity (Wildman–Crippen MR) is 119 cm³/mol. The van der Waals surface area contributed by atoms with Crippen LogP contribution in [0.2, 0.25) is 0 Å². The van der Waals surface area contributed by atoms with Gasteiger partial charge in [0.05, 0.1) is 11.1 Å². The molecule has 1 N–H and O–H groups in total. The lowest BCUT2D eigenvalue weighted by molar-refractivity contribution is -0.00654. The number of anilines is 1. The van der Waals surface area contributed by atoms with E-state index in [2.05, 4.69) is 27.8 Å². The molecule has 0 radical (unpaired) electrons. The molecule has 0 spiro atoms. The number of aromatic amines is 1. The largest absolute Gasteiger partial charge is 0.444 e. The fourth-order valence-electron chi connectivity index (χ4n) is 4.66. The summed E-state index contributed by atoms with van der Waals surface area (Å²) in [6.07, 6.45) is -0.265. The second kappa shape index (κ2) is 7.89. The number of carbonyl (C=O) groups is 1. The van der Waals surface area contributed by atoms with E-state index in [4.69, 9.17) is 4.74 Å². The Morgan fingerprint density at radius 2 is 1.94 bits per heavy atom. The van der Waals surface area contributed by atoms with E-state index in [1.54, 1.807) is 17.0 Å². The Bertz CT molecular complexity index is 1100. The van der Waals surface area contributed by atoms with Gasteiger partial charge in [-0.15, -0.1) is 0 Å². The third kappa shape index (κ3) is 4.23. The lowest BCUT2D eigenvalue weighted by atomic mass is 10.0. The quantitative estimate of drug-likeness (QED) is 0.758. The lowest BCUT2D eigenvalue weighted by Gasteiger charge is -2.51. The standard InChI is InChI=1S/C23H29N5O3/c1-15-12-27(19-7-5-16(11-24)21-18(19)6-8-20(29)25-21)14-17-13-26(9-10-28(15)17)22(30)31-23(2,3)4/h5-8,15,17H,9-10,12-14H2,1-4H3,(H,25,29)/t15-,17?/m0/s1. The van der Waals surface area contributed by atoms with Gasteiger partial charge in [0.2, 0.25) is 5.56 Å². The second-order valence-electron chi connectivity index (χ2n) is 9.43. The van der Waals surface area contributed by atoms with E-state index in [0.717, 1.165) is 30.7 Å². The Hall–Kier alpha value is -3.05. The van der Waals surface area contributed by atoms with Crippen molar-refractivity contribution in [2.75, 3.05) is 37.6 Å². The number of aromatic nitrogens is 1. The van der Waals surface area contributed by atoms with Crippen LogP contribution in [0.15, 0.2) is 29.1 Å². The van der Waals surface area contributed by atoms with Crippen LogP contribution in [0, 0.1) is 11.3 Å². The Kier molecular flexibility index (Phi) is 5.40. The van der Waals surface area contributed by atoms with E-state index in [1.807, 2.05) is 26.8 Å². The molecule has 8 nitrogen and oxygen atoms in total. The van der Waals surface area contributed by atoms with E-state index in [1.165, 1.54) is 6.07 Å². The molecule has 164 valence electrons. The summed E-state index contributed by atoms with van der Waals surface area (Å²) >= 11 is 0. The first kappa shape index (κ1) is 21.2. The molecule has 1 amide bonds. The summed E-state index contributed by atoms with van der Waals surface area (Å²) in [4.78, 5) is 33.8. The Labute approximate surface area is 182 Å². The first-order chi connectivity index (χ1) is 14.7. The topological polar surface area (TPSA) is 92.7 Å². The molecule has 2 atom stereocenters. The first-order valence-corrected chi connectivity index (χ1v) is 10.7. The minimum atomic E-state index is -0.515. The van der Waals surface area contributed by atoms with Gasteiger partial charge in [-0.3, -0.25) is 9.69 Å². The molecule has 4 rings (SSSR count). The summed E-state index contributed by atoms with van der Waals surface area (Å²) in [7, 11) is 0. The zero-order chi connectivity index (χ0) is 22.3. The molecule has 2 saturated heterocycles. The molecular weight excluding hydrogens is 394 g/mol. The van der Waals surface area contributed by atoms with Gasteiger partial charge in [0, 0.05) is 61.9 Å². The number of fused-ring (bicyclic) bond motifs is 2. The lowest BCUT2D eigenvalue weighted by Crippen LogP contribution is -2.66. The van der Waals surface area contributed by atoms with Gasteiger partial charge in [0.25, 0.3) is 0 Å². The molecule has 1 aromatic carbocycles. The highest BCUT2D eigenvalue weighted by Gasteiger charge is 2.38. The number of nitrogens with one attached hydrogen (secondary N) is 1. The maximum Gasteiger partial charge on any atom is 0.410 e. The van der Waals surface area contributed by atoms with Crippen molar-refractivity contribution in [3.05, 3.63) is 40.2 Å². The van der Waals surface area contributed by atoms with Crippen molar-refractivity contribution in [1.29, 1.82) is 5.26 Å². The molecule has 8 heteroatoms. The minimum Gasteiger partial charge on any atom is -0.444 e. The number of amides is 1. The molecule has 2 aliphatic heterocycles. The SMILES string of the molecule is C[C@H]1CN(c2ccc(C#N)c3[nH]c(=O)ccc23)CC2CN(C(=O)OC(C)(C)C)CCN21. The predicted octanol–water partition coefficient (Wildman–Crippen LogP) is 2.53. The van der Waals surface area contributed by atoms with E-state index in [9.17, 15) is 14.9 Å². The smallest absolute Gasteiger partial charge is 0.410 e. The summed E-state index contributed by atoms with van der Waals surface area (Å²) < 4.78 is 5.58. The zero-order valence-electron chi connectivity index (χ0n) is 18.5. The van der Waals surface area contributed by atoms with E-state index >= 15 is 0 Å². The van der Waals surface area contributed by atoms with E-state index < -0.39 is 5.60 Å². The fraction of sp³-hybridized carbons (Fsp3) is 0.522. The molecule has 1 unspecified atom stereocenters. The molecule has 2 fully saturated rings. The Morgan fingerprint density at radius 1 is 1.16 bits per heavy atom. The van der Waals surface area contributed by atoms with Crippen LogP contribution in [-0.2, 0) is 4.74 Å². The van der Waals surface area contributed by atoms with Gasteiger partial charge >= 0.3 is 6.09 Å². The van der Waals surface area contributed by atoms with Crippen molar-refractivity contribution >= 4 is 22.7 Å². The van der Waals surface area contributed by atoms with Gasteiger partial charge in [-0.05, 0) is 45.9 Å². The number of nitrogens with zero attached hydrogens (tertiary/aromatic N) is 4. The third-order valence-corrected chi connectivity index (χ3v) is 6.00. The molecule has 0 saturated carbocycles. The van der Waals surface area contributed by atoms with Crippen LogP contribution in [0.25, 0.3) is 10.9 Å². The summed E-state index contributed by atoms with van der Waals surface area (Å²) in [6, 6.07) is 9.66. The normalized spacial score (nSPS) is 22.2. The van der Waals surface area contributed by atoms with Gasteiger partial charge in [-0.2, -0.15) is 5.26 Å². The molecule has 3 heterocycles. The average Bonchev–Trinajstić information content (AvgIpc) is 2.71. The number of ether oxygens (including phenoxy) is 1. The maximum absolute atomic E-state index is 12.6. The molecule has 2 aliphatic rings. The Balaban J connectivity index is 1.61. The number of H-pyrrole nitrogens is 1. The molecule has 1 aromatic heterocycles. The van der Waals surface area contributed by atoms with Crippen molar-refractivity contribution in [1.82, 2.24) is 14.8 Å². The third-order valence-electron chi connectivity index (χ3n) is 6.00. The van der Waals surface area contributed by atoms with Gasteiger partial charge in [0.1, 0.15) is 11.7 Å². The number of hydrogen-bond donors (Lipinski definition) is 1. The number of benzene rings is 1. The van der Waals surface area contributed by atoms with Crippen LogP contribution in [-0.4, -0.2) is 71.3 Å². The molecule has 31 heavy (non-hydrogen) atoms. The number of carbonyl (C=O) groups excluding carboxylic acids is 1. The van der Waals surface area contributed by atoms with Crippen molar-refractivity contribution in [2.45, 2.75) is 45.4 Å². The highest BCUT2D eigenvalue weighted by molar-refractivity contribution is 5.95. The van der Waals surface area contributed by atoms with Gasteiger partial charge in [0.15, 0.2) is 0 Å². The average molecular weight is 424 g/mol. The molecular formula is C23H29N5O3. The molecule has 2 aromatic rings. The maximum atomic E-state index is 12.6. The second-order valence-corrected chi connectivity index (χ2v) is 9.43. The van der Waals surface area contributed by atoms with Crippen molar-refractivity contribution in [3.63, 3.8) is 0 Å². The van der Waals surface area contributed by atoms with Crippen molar-refractivity contribution in [2.24, 2.45) is 0 Å². The summed E-state index contributed by atoms with van der Waals surface area (Å²) in [5.74, 6) is 0. The summed E-state index contributed by atoms with van der Waals surface area (Å²) in [5.41, 5.74) is 1.28. The number of hydrogen-bond acceptors (Lipinski definition) is 6. The highest BCUT2D eigenvalue weighted by atomic mass is 16.6. The van der Waals surface area contributed by atoms with Crippen LogP contribution >= 0.6 is 0 Å². The number of pyridine rings is 1. The molecule has 0 aliphatic carbocycles. The number of piperazine rings is 2. The monoisotopic (exact) mass is 423 g/mol. The van der Waals surface area contributed by atoms with Crippen molar-refractivity contribution < 1.29 is 9.53 Å². The zero-order valence-corrected chi connectivity index (χ0v) is 18.5. The van der Waals surface area contributed by atoms with Gasteiger partial charge < -0.3 is 19.5 Å². The van der Waals surface area contributed by atoms with E-state index in [0.29, 0.717) is 30.2 Å². The first-order valence-electron chi connectivity index (χ1n) is 10.7. The summed E-state index contributed by atoms with van der Waals surface area (Å²) in [6.45, 7) is 11.5. The van der Waals surface area contributed by atoms with Crippen LogP contribution in [0.1, 0.15) is 33.3 Å². The van der Waals surface area contributed by atoms with Crippen LogP contribution in [0.3, 0.4) is 0 Å². The van der Waals surface area contributed by atoms with Gasteiger partial charge in [-0.25, -0.2) is 4.79 Å². The Morgan fingerprint density at radius 3 is 2.65 bits per heavy atom. The van der Waals surface area contributed by atoms with Crippen LogP contribution < -0.4 is 10.5 Å². The van der Waals surface area contributed by atoms with Gasteiger partial charge in [-0.1, -0.05) is 0 Å². The number of rotatable bonds is 1. The fourth-order valence-corrected chi connectivity index (χ4v) is 4.66. The summed E-state index contributed by atoms with van der Waals surface area (Å²) in [5, 5.41) is 10.3. The number of nitriles is 1. The minimum absolute atomic E-state index is 0.179. The van der Waals surface area contributed by atoms with Crippen LogP contribution in [0.4, 0.5) is 10.5 Å². The van der Waals surface area contributed by atoms with E-state index in [-0.39, 0.29) is 17.7 Å². The van der Waals surface area contributed by atoms with Crippen LogP contribution in [0.5, 0.6) is 0 Å².